The fourth-order valence-corrected chi connectivity index (χ4v) is 7.08. The van der Waals surface area contributed by atoms with E-state index in [0.717, 1.165) is 0 Å². The van der Waals surface area contributed by atoms with Gasteiger partial charge in [-0.2, -0.15) is 0 Å². The molecule has 1 aromatic heterocycles. The first-order valence-corrected chi connectivity index (χ1v) is 16.0. The van der Waals surface area contributed by atoms with Crippen molar-refractivity contribution in [2.45, 2.75) is 38.0 Å². The number of pyridine rings is 1. The average molecular weight is 379 g/mol. The van der Waals surface area contributed by atoms with Crippen LogP contribution in [0.1, 0.15) is 16.7 Å². The topological polar surface area (TPSA) is 3.88 Å². The molecular weight excluding hydrogens is 351 g/mol. The Morgan fingerprint density at radius 2 is 1.58 bits per heavy atom. The Labute approximate surface area is 148 Å². The van der Waals surface area contributed by atoms with Crippen molar-refractivity contribution in [3.05, 3.63) is 59.3 Å². The van der Waals surface area contributed by atoms with Gasteiger partial charge in [0.25, 0.3) is 0 Å². The quantitative estimate of drug-likeness (QED) is 0.445. The van der Waals surface area contributed by atoms with Crippen LogP contribution in [-0.2, 0) is 7.05 Å². The summed E-state index contributed by atoms with van der Waals surface area (Å²) in [6.45, 7) is 6.65. The number of benzene rings is 2. The Bertz CT molecular complexity index is 933. The van der Waals surface area contributed by atoms with Crippen LogP contribution in [0.15, 0.2) is 42.6 Å². The van der Waals surface area contributed by atoms with Gasteiger partial charge < -0.3 is 0 Å². The molecule has 0 saturated carbocycles. The molecule has 3 rings (SSSR count). The Hall–Kier alpha value is -1.61. The standard InChI is InChI=1S/C22H28GeN/c1-15-13-16(2)17(3)20(14-15)22-19-9-8-10-21(23(4,5)6)18(19)11-12-24(22)7/h8-14H,1-7H3/q+1. The van der Waals surface area contributed by atoms with E-state index in [1.54, 1.807) is 4.40 Å². The molecule has 0 aliphatic heterocycles. The fraction of sp³-hybridized carbons (Fsp3) is 0.318. The second kappa shape index (κ2) is 6.04. The molecule has 0 amide bonds. The van der Waals surface area contributed by atoms with Crippen molar-refractivity contribution in [3.8, 4) is 11.3 Å². The number of nitrogens with zero attached hydrogens (tertiary/aromatic N) is 1. The van der Waals surface area contributed by atoms with Crippen LogP contribution in [0.25, 0.3) is 22.0 Å². The van der Waals surface area contributed by atoms with Crippen LogP contribution in [0.4, 0.5) is 0 Å². The maximum absolute atomic E-state index is 2.48. The molecule has 0 bridgehead atoms. The molecule has 0 N–H and O–H groups in total. The summed E-state index contributed by atoms with van der Waals surface area (Å²) in [6, 6.07) is 13.8. The van der Waals surface area contributed by atoms with E-state index in [4.69, 9.17) is 0 Å². The Morgan fingerprint density at radius 1 is 0.875 bits per heavy atom. The first-order chi connectivity index (χ1) is 11.2. The number of rotatable bonds is 2. The van der Waals surface area contributed by atoms with Gasteiger partial charge in [-0.15, -0.1) is 0 Å². The number of fused-ring (bicyclic) bond motifs is 1. The van der Waals surface area contributed by atoms with E-state index in [1.165, 1.54) is 38.7 Å². The molecule has 1 nitrogen and oxygen atoms in total. The van der Waals surface area contributed by atoms with Crippen molar-refractivity contribution in [1.29, 1.82) is 0 Å². The predicted molar refractivity (Wildman–Crippen MR) is 108 cm³/mol. The molecule has 0 aliphatic carbocycles. The first kappa shape index (κ1) is 17.2. The number of hydrogen-bond acceptors (Lipinski definition) is 0. The van der Waals surface area contributed by atoms with E-state index in [1.807, 2.05) is 0 Å². The van der Waals surface area contributed by atoms with Crippen molar-refractivity contribution >= 4 is 28.4 Å². The van der Waals surface area contributed by atoms with Crippen molar-refractivity contribution in [2.24, 2.45) is 7.05 Å². The monoisotopic (exact) mass is 380 g/mol. The molecule has 124 valence electrons. The summed E-state index contributed by atoms with van der Waals surface area (Å²) in [7, 11) is 2.16. The summed E-state index contributed by atoms with van der Waals surface area (Å²) in [5.41, 5.74) is 6.78. The van der Waals surface area contributed by atoms with Crippen LogP contribution >= 0.6 is 0 Å². The van der Waals surface area contributed by atoms with E-state index in [-0.39, 0.29) is 0 Å². The van der Waals surface area contributed by atoms with Crippen molar-refractivity contribution in [1.82, 2.24) is 0 Å². The molecule has 24 heavy (non-hydrogen) atoms. The van der Waals surface area contributed by atoms with Gasteiger partial charge in [-0.3, -0.25) is 0 Å². The number of aromatic nitrogens is 1. The summed E-state index contributed by atoms with van der Waals surface area (Å²) in [4.78, 5) is 0. The molecular formula is C22H28GeN+. The van der Waals surface area contributed by atoms with Crippen LogP contribution < -0.4 is 8.96 Å². The van der Waals surface area contributed by atoms with Gasteiger partial charge in [0, 0.05) is 0 Å². The van der Waals surface area contributed by atoms with Crippen molar-refractivity contribution < 1.29 is 4.57 Å². The van der Waals surface area contributed by atoms with E-state index in [0.29, 0.717) is 0 Å². The van der Waals surface area contributed by atoms with Gasteiger partial charge in [0.05, 0.1) is 0 Å². The number of aryl methyl sites for hydroxylation is 3. The van der Waals surface area contributed by atoms with Crippen LogP contribution in [-0.4, -0.2) is 13.3 Å². The third-order valence-corrected chi connectivity index (χ3v) is 9.36. The summed E-state index contributed by atoms with van der Waals surface area (Å²) in [5, 5.41) is 2.82. The van der Waals surface area contributed by atoms with Gasteiger partial charge in [-0.25, -0.2) is 0 Å². The zero-order valence-corrected chi connectivity index (χ0v) is 18.1. The molecule has 0 spiro atoms. The van der Waals surface area contributed by atoms with E-state index in [9.17, 15) is 0 Å². The molecule has 0 saturated heterocycles. The van der Waals surface area contributed by atoms with Crippen molar-refractivity contribution in [3.63, 3.8) is 0 Å². The van der Waals surface area contributed by atoms with Gasteiger partial charge >= 0.3 is 149 Å². The third kappa shape index (κ3) is 2.90. The predicted octanol–water partition coefficient (Wildman–Crippen LogP) is 4.80. The zero-order chi connectivity index (χ0) is 17.6. The van der Waals surface area contributed by atoms with Crippen LogP contribution in [0.2, 0.25) is 17.3 Å². The molecule has 3 aromatic rings. The van der Waals surface area contributed by atoms with Gasteiger partial charge in [0.2, 0.25) is 0 Å². The molecule has 0 fully saturated rings. The molecule has 1 heterocycles. The van der Waals surface area contributed by atoms with E-state index < -0.39 is 13.3 Å². The minimum absolute atomic E-state index is 1.33. The summed E-state index contributed by atoms with van der Waals surface area (Å²) in [6.07, 6.45) is 2.23. The number of hydrogen-bond donors (Lipinski definition) is 0. The van der Waals surface area contributed by atoms with Crippen molar-refractivity contribution in [2.75, 3.05) is 0 Å². The second-order valence-electron chi connectivity index (χ2n) is 8.05. The Kier molecular flexibility index (Phi) is 4.33. The summed E-state index contributed by atoms with van der Waals surface area (Å²) < 4.78 is 3.87. The Balaban J connectivity index is 2.44. The van der Waals surface area contributed by atoms with Gasteiger partial charge in [-0.1, -0.05) is 0 Å². The third-order valence-electron chi connectivity index (χ3n) is 5.05. The average Bonchev–Trinajstić information content (AvgIpc) is 2.49. The fourth-order valence-electron chi connectivity index (χ4n) is 3.68. The molecule has 0 aliphatic rings. The zero-order valence-electron chi connectivity index (χ0n) is 16.0. The first-order valence-electron chi connectivity index (χ1n) is 8.70. The second-order valence-corrected chi connectivity index (χ2v) is 18.6. The maximum atomic E-state index is 2.48. The summed E-state index contributed by atoms with van der Waals surface area (Å²) >= 11 is -1.91. The SMILES string of the molecule is Cc1cc(C)c(C)c(-c2c3ccc[c]([Ge]([CH3])([CH3])[CH3])c3cc[n+]2C)c1. The van der Waals surface area contributed by atoms with E-state index >= 15 is 0 Å². The van der Waals surface area contributed by atoms with Gasteiger partial charge in [0.15, 0.2) is 0 Å². The molecule has 0 atom stereocenters. The van der Waals surface area contributed by atoms with Gasteiger partial charge in [-0.05, 0) is 0 Å². The normalized spacial score (nSPS) is 12.0. The van der Waals surface area contributed by atoms with Crippen LogP contribution in [0.3, 0.4) is 0 Å². The molecule has 0 unspecified atom stereocenters. The minimum atomic E-state index is -1.91. The molecule has 2 heteroatoms. The van der Waals surface area contributed by atoms with Crippen LogP contribution in [0, 0.1) is 20.8 Å². The summed E-state index contributed by atoms with van der Waals surface area (Å²) in [5.74, 6) is 7.43. The molecule has 2 aromatic carbocycles. The van der Waals surface area contributed by atoms with Gasteiger partial charge in [0.1, 0.15) is 0 Å². The molecule has 0 radical (unpaired) electrons. The van der Waals surface area contributed by atoms with E-state index in [2.05, 4.69) is 92.2 Å². The Morgan fingerprint density at radius 3 is 2.25 bits per heavy atom. The van der Waals surface area contributed by atoms with Crippen LogP contribution in [0.5, 0.6) is 0 Å².